The van der Waals surface area contributed by atoms with Crippen LogP contribution in [0, 0.1) is 5.92 Å². The summed E-state index contributed by atoms with van der Waals surface area (Å²) in [5, 5.41) is 0. The summed E-state index contributed by atoms with van der Waals surface area (Å²) in [5.41, 5.74) is 6.38. The van der Waals surface area contributed by atoms with Gasteiger partial charge in [-0.3, -0.25) is 4.79 Å². The quantitative estimate of drug-likeness (QED) is 0.850. The number of nitrogens with zero attached hydrogens (tertiary/aromatic N) is 1. The van der Waals surface area contributed by atoms with Crippen LogP contribution in [0.25, 0.3) is 0 Å². The standard InChI is InChI=1S/C13H15BrN2OS/c14-11-5-1-3-9(7-11)13(17)16-6-2-4-10(8-16)12(15)18/h1,3,5,7,10H,2,4,6,8H2,(H2,15,18). The molecule has 1 aliphatic rings. The number of hydrogen-bond acceptors (Lipinski definition) is 2. The number of hydrogen-bond donors (Lipinski definition) is 1. The SMILES string of the molecule is NC(=S)C1CCCN(C(=O)c2cccc(Br)c2)C1. The summed E-state index contributed by atoms with van der Waals surface area (Å²) in [4.78, 5) is 14.7. The van der Waals surface area contributed by atoms with Gasteiger partial charge in [-0.05, 0) is 31.0 Å². The third kappa shape index (κ3) is 3.09. The van der Waals surface area contributed by atoms with Gasteiger partial charge >= 0.3 is 0 Å². The molecule has 1 saturated heterocycles. The number of amides is 1. The molecule has 0 radical (unpaired) electrons. The molecule has 2 N–H and O–H groups in total. The zero-order valence-corrected chi connectivity index (χ0v) is 12.3. The molecule has 5 heteroatoms. The maximum absolute atomic E-state index is 12.3. The summed E-state index contributed by atoms with van der Waals surface area (Å²) in [5.74, 6) is 0.210. The average molecular weight is 327 g/mol. The van der Waals surface area contributed by atoms with Crippen LogP contribution in [-0.2, 0) is 0 Å². The first-order valence-corrected chi connectivity index (χ1v) is 7.12. The number of rotatable bonds is 2. The highest BCUT2D eigenvalue weighted by molar-refractivity contribution is 9.10. The fraction of sp³-hybridized carbons (Fsp3) is 0.385. The van der Waals surface area contributed by atoms with Gasteiger partial charge in [0.25, 0.3) is 5.91 Å². The van der Waals surface area contributed by atoms with Gasteiger partial charge in [0, 0.05) is 29.0 Å². The zero-order chi connectivity index (χ0) is 13.1. The van der Waals surface area contributed by atoms with Crippen LogP contribution in [0.4, 0.5) is 0 Å². The first-order chi connectivity index (χ1) is 8.58. The average Bonchev–Trinajstić information content (AvgIpc) is 2.38. The van der Waals surface area contributed by atoms with Gasteiger partial charge in [-0.2, -0.15) is 0 Å². The van der Waals surface area contributed by atoms with Crippen LogP contribution in [0.2, 0.25) is 0 Å². The fourth-order valence-corrected chi connectivity index (χ4v) is 2.79. The van der Waals surface area contributed by atoms with Crippen molar-refractivity contribution in [3.8, 4) is 0 Å². The van der Waals surface area contributed by atoms with E-state index in [0.717, 1.165) is 23.9 Å². The molecule has 96 valence electrons. The van der Waals surface area contributed by atoms with E-state index in [4.69, 9.17) is 18.0 Å². The normalized spacial score (nSPS) is 19.6. The molecule has 1 aromatic carbocycles. The largest absolute Gasteiger partial charge is 0.393 e. The first kappa shape index (κ1) is 13.5. The molecule has 3 nitrogen and oxygen atoms in total. The van der Waals surface area contributed by atoms with Crippen LogP contribution in [0.15, 0.2) is 28.7 Å². The lowest BCUT2D eigenvalue weighted by molar-refractivity contribution is 0.0703. The lowest BCUT2D eigenvalue weighted by Gasteiger charge is -2.32. The molecule has 1 amide bonds. The minimum atomic E-state index is 0.0530. The highest BCUT2D eigenvalue weighted by Crippen LogP contribution is 2.20. The van der Waals surface area contributed by atoms with Gasteiger partial charge in [0.2, 0.25) is 0 Å². The number of thiocarbonyl (C=S) groups is 1. The van der Waals surface area contributed by atoms with E-state index in [1.165, 1.54) is 0 Å². The molecule has 1 aliphatic heterocycles. The summed E-state index contributed by atoms with van der Waals surface area (Å²) in [6.45, 7) is 1.42. The van der Waals surface area contributed by atoms with E-state index in [9.17, 15) is 4.79 Å². The van der Waals surface area contributed by atoms with Crippen molar-refractivity contribution in [3.05, 3.63) is 34.3 Å². The van der Waals surface area contributed by atoms with Crippen LogP contribution < -0.4 is 5.73 Å². The van der Waals surface area contributed by atoms with Crippen LogP contribution in [0.1, 0.15) is 23.2 Å². The third-order valence-electron chi connectivity index (χ3n) is 3.18. The minimum Gasteiger partial charge on any atom is -0.393 e. The molecule has 2 rings (SSSR count). The summed E-state index contributed by atoms with van der Waals surface area (Å²) < 4.78 is 0.913. The lowest BCUT2D eigenvalue weighted by Crippen LogP contribution is -2.43. The van der Waals surface area contributed by atoms with Crippen molar-refractivity contribution >= 4 is 39.0 Å². The van der Waals surface area contributed by atoms with E-state index in [0.29, 0.717) is 17.1 Å². The minimum absolute atomic E-state index is 0.0530. The molecule has 0 aromatic heterocycles. The van der Waals surface area contributed by atoms with Gasteiger partial charge in [0.05, 0.1) is 4.99 Å². The van der Waals surface area contributed by atoms with Gasteiger partial charge < -0.3 is 10.6 Å². The second-order valence-electron chi connectivity index (χ2n) is 4.50. The van der Waals surface area contributed by atoms with Crippen LogP contribution in [-0.4, -0.2) is 28.9 Å². The number of carbonyl (C=O) groups is 1. The Labute approximate surface area is 120 Å². The Bertz CT molecular complexity index is 478. The van der Waals surface area contributed by atoms with Gasteiger partial charge in [-0.15, -0.1) is 0 Å². The van der Waals surface area contributed by atoms with Gasteiger partial charge in [-0.25, -0.2) is 0 Å². The second kappa shape index (κ2) is 5.80. The smallest absolute Gasteiger partial charge is 0.253 e. The number of piperidine rings is 1. The van der Waals surface area contributed by atoms with E-state index in [2.05, 4.69) is 15.9 Å². The second-order valence-corrected chi connectivity index (χ2v) is 5.89. The monoisotopic (exact) mass is 326 g/mol. The van der Waals surface area contributed by atoms with Crippen molar-refractivity contribution in [1.29, 1.82) is 0 Å². The predicted molar refractivity (Wildman–Crippen MR) is 79.6 cm³/mol. The highest BCUT2D eigenvalue weighted by Gasteiger charge is 2.25. The number of nitrogens with two attached hydrogens (primary N) is 1. The van der Waals surface area contributed by atoms with Crippen LogP contribution >= 0.6 is 28.1 Å². The van der Waals surface area contributed by atoms with Crippen molar-refractivity contribution in [2.24, 2.45) is 11.7 Å². The van der Waals surface area contributed by atoms with Crippen molar-refractivity contribution in [3.63, 3.8) is 0 Å². The predicted octanol–water partition coefficient (Wildman–Crippen LogP) is 2.59. The maximum atomic E-state index is 12.3. The number of carbonyl (C=O) groups excluding carboxylic acids is 1. The summed E-state index contributed by atoms with van der Waals surface area (Å²) >= 11 is 8.40. The molecule has 1 unspecified atom stereocenters. The van der Waals surface area contributed by atoms with E-state index >= 15 is 0 Å². The molecule has 18 heavy (non-hydrogen) atoms. The van der Waals surface area contributed by atoms with E-state index in [1.54, 1.807) is 0 Å². The molecule has 0 aliphatic carbocycles. The molecule has 1 fully saturated rings. The van der Waals surface area contributed by atoms with Gasteiger partial charge in [-0.1, -0.05) is 34.2 Å². The van der Waals surface area contributed by atoms with E-state index in [-0.39, 0.29) is 11.8 Å². The Morgan fingerprint density at radius 3 is 2.94 bits per heavy atom. The zero-order valence-electron chi connectivity index (χ0n) is 9.93. The first-order valence-electron chi connectivity index (χ1n) is 5.92. The Kier molecular flexibility index (Phi) is 4.35. The van der Waals surface area contributed by atoms with E-state index in [1.807, 2.05) is 29.2 Å². The maximum Gasteiger partial charge on any atom is 0.253 e. The summed E-state index contributed by atoms with van der Waals surface area (Å²) in [6.07, 6.45) is 1.94. The Balaban J connectivity index is 2.11. The molecular formula is C13H15BrN2OS. The molecule has 1 atom stereocenters. The molecule has 1 heterocycles. The number of likely N-dealkylation sites (tertiary alicyclic amines) is 1. The molecule has 1 aromatic rings. The Hall–Kier alpha value is -0.940. The summed E-state index contributed by atoms with van der Waals surface area (Å²) in [6, 6.07) is 7.45. The van der Waals surface area contributed by atoms with E-state index < -0.39 is 0 Å². The third-order valence-corrected chi connectivity index (χ3v) is 4.01. The topological polar surface area (TPSA) is 46.3 Å². The Morgan fingerprint density at radius 2 is 2.28 bits per heavy atom. The number of benzene rings is 1. The van der Waals surface area contributed by atoms with Gasteiger partial charge in [0.1, 0.15) is 0 Å². The molecule has 0 bridgehead atoms. The lowest BCUT2D eigenvalue weighted by atomic mass is 9.97. The molecule has 0 spiro atoms. The number of halogens is 1. The summed E-state index contributed by atoms with van der Waals surface area (Å²) in [7, 11) is 0. The Morgan fingerprint density at radius 1 is 1.50 bits per heavy atom. The molecule has 0 saturated carbocycles. The molecular weight excluding hydrogens is 312 g/mol. The van der Waals surface area contributed by atoms with Gasteiger partial charge in [0.15, 0.2) is 0 Å². The van der Waals surface area contributed by atoms with Crippen molar-refractivity contribution in [2.45, 2.75) is 12.8 Å². The van der Waals surface area contributed by atoms with Crippen LogP contribution in [0.5, 0.6) is 0 Å². The fourth-order valence-electron chi connectivity index (χ4n) is 2.20. The van der Waals surface area contributed by atoms with Crippen molar-refractivity contribution in [1.82, 2.24) is 4.90 Å². The van der Waals surface area contributed by atoms with Crippen molar-refractivity contribution in [2.75, 3.05) is 13.1 Å². The van der Waals surface area contributed by atoms with Crippen LogP contribution in [0.3, 0.4) is 0 Å². The van der Waals surface area contributed by atoms with Crippen molar-refractivity contribution < 1.29 is 4.79 Å². The highest BCUT2D eigenvalue weighted by atomic mass is 79.9.